The van der Waals surface area contributed by atoms with Crippen LogP contribution in [-0.2, 0) is 0 Å². The first-order valence-electron chi connectivity index (χ1n) is 6.83. The molecule has 1 aliphatic heterocycles. The second-order valence-corrected chi connectivity index (χ2v) is 5.19. The van der Waals surface area contributed by atoms with Crippen LogP contribution in [0, 0.1) is 5.82 Å². The van der Waals surface area contributed by atoms with E-state index in [0.717, 1.165) is 5.69 Å². The van der Waals surface area contributed by atoms with E-state index in [1.165, 1.54) is 23.4 Å². The molecular weight excluding hydrogens is 249 g/mol. The molecule has 0 aromatic heterocycles. The van der Waals surface area contributed by atoms with Crippen molar-refractivity contribution in [3.63, 3.8) is 0 Å². The van der Waals surface area contributed by atoms with Gasteiger partial charge in [0.05, 0.1) is 6.04 Å². The van der Waals surface area contributed by atoms with Gasteiger partial charge < -0.3 is 4.90 Å². The Balaban J connectivity index is 1.88. The number of anilines is 2. The first kappa shape index (κ1) is 11.5. The van der Waals surface area contributed by atoms with Gasteiger partial charge in [-0.25, -0.2) is 4.39 Å². The lowest BCUT2D eigenvalue weighted by atomic mass is 9.91. The molecule has 20 heavy (non-hydrogen) atoms. The molecule has 0 saturated carbocycles. The maximum Gasteiger partial charge on any atom is 0.123 e. The molecule has 1 nitrogen and oxygen atoms in total. The highest BCUT2D eigenvalue weighted by molar-refractivity contribution is 5.75. The molecule has 4 rings (SSSR count). The minimum Gasteiger partial charge on any atom is -0.333 e. The summed E-state index contributed by atoms with van der Waals surface area (Å²) in [6, 6.07) is 15.5. The molecule has 2 heteroatoms. The number of fused-ring (bicyclic) bond motifs is 3. The van der Waals surface area contributed by atoms with Gasteiger partial charge in [-0.1, -0.05) is 42.5 Å². The third-order valence-electron chi connectivity index (χ3n) is 4.06. The van der Waals surface area contributed by atoms with E-state index in [4.69, 9.17) is 0 Å². The van der Waals surface area contributed by atoms with Gasteiger partial charge in [0.25, 0.3) is 0 Å². The monoisotopic (exact) mass is 263 g/mol. The van der Waals surface area contributed by atoms with Gasteiger partial charge in [0.1, 0.15) is 5.82 Å². The minimum absolute atomic E-state index is 0.197. The number of hydrogen-bond donors (Lipinski definition) is 0. The highest BCUT2D eigenvalue weighted by Crippen LogP contribution is 2.47. The molecule has 2 aliphatic rings. The van der Waals surface area contributed by atoms with Crippen LogP contribution >= 0.6 is 0 Å². The number of para-hydroxylation sites is 1. The predicted molar refractivity (Wildman–Crippen MR) is 79.8 cm³/mol. The summed E-state index contributed by atoms with van der Waals surface area (Å²) in [6.45, 7) is 0. The lowest BCUT2D eigenvalue weighted by molar-refractivity contribution is 0.627. The first-order chi connectivity index (χ1) is 9.84. The number of hydrogen-bond acceptors (Lipinski definition) is 1. The van der Waals surface area contributed by atoms with Gasteiger partial charge in [0.15, 0.2) is 0 Å². The van der Waals surface area contributed by atoms with E-state index in [2.05, 4.69) is 53.5 Å². The zero-order valence-corrected chi connectivity index (χ0v) is 10.9. The van der Waals surface area contributed by atoms with Crippen molar-refractivity contribution < 1.29 is 4.39 Å². The normalized spacial score (nSPS) is 22.8. The predicted octanol–water partition coefficient (Wildman–Crippen LogP) is 4.56. The molecule has 2 aromatic rings. The third kappa shape index (κ3) is 1.61. The highest BCUT2D eigenvalue weighted by atomic mass is 19.1. The SMILES string of the molecule is Fc1ccc(N2c3ccccc3C3C=CC=CC32)cc1. The van der Waals surface area contributed by atoms with Crippen LogP contribution in [0.15, 0.2) is 72.8 Å². The summed E-state index contributed by atoms with van der Waals surface area (Å²) >= 11 is 0. The number of benzene rings is 2. The number of allylic oxidation sites excluding steroid dienone is 2. The van der Waals surface area contributed by atoms with Gasteiger partial charge >= 0.3 is 0 Å². The fourth-order valence-electron chi connectivity index (χ4n) is 3.19. The van der Waals surface area contributed by atoms with Crippen LogP contribution < -0.4 is 4.90 Å². The fraction of sp³-hybridized carbons (Fsp3) is 0.111. The van der Waals surface area contributed by atoms with Crippen molar-refractivity contribution in [3.05, 3.63) is 84.2 Å². The third-order valence-corrected chi connectivity index (χ3v) is 4.06. The Morgan fingerprint density at radius 3 is 2.45 bits per heavy atom. The molecule has 2 atom stereocenters. The molecule has 0 N–H and O–H groups in total. The Morgan fingerprint density at radius 1 is 0.850 bits per heavy atom. The van der Waals surface area contributed by atoms with Gasteiger partial charge in [0, 0.05) is 17.3 Å². The van der Waals surface area contributed by atoms with Gasteiger partial charge in [-0.3, -0.25) is 0 Å². The zero-order chi connectivity index (χ0) is 13.5. The molecule has 2 unspecified atom stereocenters. The first-order valence-corrected chi connectivity index (χ1v) is 6.83. The average molecular weight is 263 g/mol. The Hall–Kier alpha value is -2.35. The maximum atomic E-state index is 13.2. The molecule has 0 bridgehead atoms. The summed E-state index contributed by atoms with van der Waals surface area (Å²) in [5.74, 6) is 0.179. The van der Waals surface area contributed by atoms with Crippen molar-refractivity contribution in [3.8, 4) is 0 Å². The van der Waals surface area contributed by atoms with Crippen molar-refractivity contribution in [1.82, 2.24) is 0 Å². The zero-order valence-electron chi connectivity index (χ0n) is 10.9. The molecular formula is C18H14FN. The van der Waals surface area contributed by atoms with E-state index < -0.39 is 0 Å². The molecule has 2 aromatic carbocycles. The second-order valence-electron chi connectivity index (χ2n) is 5.19. The van der Waals surface area contributed by atoms with Crippen molar-refractivity contribution in [2.75, 3.05) is 4.90 Å². The van der Waals surface area contributed by atoms with E-state index in [1.54, 1.807) is 0 Å². The van der Waals surface area contributed by atoms with Crippen LogP contribution in [0.3, 0.4) is 0 Å². The minimum atomic E-state index is -0.197. The highest BCUT2D eigenvalue weighted by Gasteiger charge is 2.36. The largest absolute Gasteiger partial charge is 0.333 e. The van der Waals surface area contributed by atoms with Crippen LogP contribution in [0.25, 0.3) is 0 Å². The molecule has 0 fully saturated rings. The van der Waals surface area contributed by atoms with Gasteiger partial charge in [-0.2, -0.15) is 0 Å². The van der Waals surface area contributed by atoms with Crippen molar-refractivity contribution in [1.29, 1.82) is 0 Å². The van der Waals surface area contributed by atoms with E-state index >= 15 is 0 Å². The van der Waals surface area contributed by atoms with Crippen LogP contribution in [0.4, 0.5) is 15.8 Å². The Labute approximate surface area is 117 Å². The van der Waals surface area contributed by atoms with E-state index in [0.29, 0.717) is 5.92 Å². The summed E-state index contributed by atoms with van der Waals surface area (Å²) < 4.78 is 13.2. The molecule has 0 spiro atoms. The molecule has 0 amide bonds. The van der Waals surface area contributed by atoms with Crippen molar-refractivity contribution in [2.45, 2.75) is 12.0 Å². The average Bonchev–Trinajstić information content (AvgIpc) is 2.83. The quantitative estimate of drug-likeness (QED) is 0.729. The Morgan fingerprint density at radius 2 is 1.60 bits per heavy atom. The topological polar surface area (TPSA) is 3.24 Å². The van der Waals surface area contributed by atoms with Gasteiger partial charge in [-0.05, 0) is 35.9 Å². The Kier molecular flexibility index (Phi) is 2.49. The maximum absolute atomic E-state index is 13.2. The standard InChI is InChI=1S/C18H14FN/c19-13-9-11-14(12-10-13)20-17-7-3-1-5-15(17)16-6-2-4-8-18(16)20/h1-12,15,17H. The van der Waals surface area contributed by atoms with E-state index in [-0.39, 0.29) is 11.9 Å². The summed E-state index contributed by atoms with van der Waals surface area (Å²) in [6.07, 6.45) is 8.65. The molecule has 1 heterocycles. The second kappa shape index (κ2) is 4.34. The van der Waals surface area contributed by atoms with E-state index in [1.807, 2.05) is 12.1 Å². The van der Waals surface area contributed by atoms with Crippen LogP contribution in [0.1, 0.15) is 11.5 Å². The fourth-order valence-corrected chi connectivity index (χ4v) is 3.19. The molecule has 0 radical (unpaired) electrons. The van der Waals surface area contributed by atoms with Gasteiger partial charge in [0.2, 0.25) is 0 Å². The lowest BCUT2D eigenvalue weighted by Gasteiger charge is -2.28. The van der Waals surface area contributed by atoms with Gasteiger partial charge in [-0.15, -0.1) is 0 Å². The van der Waals surface area contributed by atoms with Crippen LogP contribution in [0.5, 0.6) is 0 Å². The summed E-state index contributed by atoms with van der Waals surface area (Å²) in [5, 5.41) is 0. The smallest absolute Gasteiger partial charge is 0.123 e. The number of halogens is 1. The number of nitrogens with zero attached hydrogens (tertiary/aromatic N) is 1. The molecule has 98 valence electrons. The Bertz CT molecular complexity index is 700. The summed E-state index contributed by atoms with van der Waals surface area (Å²) in [7, 11) is 0. The summed E-state index contributed by atoms with van der Waals surface area (Å²) in [5.41, 5.74) is 3.58. The van der Waals surface area contributed by atoms with Crippen molar-refractivity contribution >= 4 is 11.4 Å². The lowest BCUT2D eigenvalue weighted by Crippen LogP contribution is -2.28. The molecule has 1 aliphatic carbocycles. The van der Waals surface area contributed by atoms with E-state index in [9.17, 15) is 4.39 Å². The van der Waals surface area contributed by atoms with Crippen LogP contribution in [-0.4, -0.2) is 6.04 Å². The molecule has 0 saturated heterocycles. The van der Waals surface area contributed by atoms with Crippen molar-refractivity contribution in [2.24, 2.45) is 0 Å². The number of rotatable bonds is 1. The van der Waals surface area contributed by atoms with Crippen LogP contribution in [0.2, 0.25) is 0 Å². The summed E-state index contributed by atoms with van der Waals surface area (Å²) in [4.78, 5) is 2.29.